The van der Waals surface area contributed by atoms with Crippen LogP contribution in [0.25, 0.3) is 27.9 Å². The molecule has 4 heteroatoms. The third-order valence-electron chi connectivity index (χ3n) is 4.23. The van der Waals surface area contributed by atoms with Crippen molar-refractivity contribution >= 4 is 11.3 Å². The lowest BCUT2D eigenvalue weighted by molar-refractivity contribution is 0.991. The molecule has 26 heavy (non-hydrogen) atoms. The molecule has 4 rings (SSSR count). The molecule has 0 radical (unpaired) electrons. The highest BCUT2D eigenvalue weighted by molar-refractivity contribution is 7.08. The second-order valence-corrected chi connectivity index (χ2v) is 6.63. The Morgan fingerprint density at radius 1 is 0.885 bits per heavy atom. The van der Waals surface area contributed by atoms with Gasteiger partial charge in [0.05, 0.1) is 11.6 Å². The summed E-state index contributed by atoms with van der Waals surface area (Å²) in [4.78, 5) is 12.3. The predicted molar refractivity (Wildman–Crippen MR) is 106 cm³/mol. The minimum Gasteiger partial charge on any atom is -0.284 e. The molecule has 3 nitrogen and oxygen atoms in total. The van der Waals surface area contributed by atoms with Crippen molar-refractivity contribution in [3.63, 3.8) is 0 Å². The minimum atomic E-state index is -0.0884. The topological polar surface area (TPSA) is 45.8 Å². The SMILES string of the molecule is N#Cc1ccccc1-c1cc(-c2ccsc2)cc(-n2ccccc2=O)c1. The third kappa shape index (κ3) is 2.97. The molecule has 0 atom stereocenters. The van der Waals surface area contributed by atoms with E-state index in [1.54, 1.807) is 40.3 Å². The molecule has 0 aliphatic carbocycles. The molecule has 0 bridgehead atoms. The normalized spacial score (nSPS) is 10.4. The van der Waals surface area contributed by atoms with E-state index in [0.717, 1.165) is 27.9 Å². The van der Waals surface area contributed by atoms with Gasteiger partial charge in [-0.05, 0) is 69.4 Å². The van der Waals surface area contributed by atoms with E-state index in [2.05, 4.69) is 23.6 Å². The first kappa shape index (κ1) is 16.1. The van der Waals surface area contributed by atoms with Crippen molar-refractivity contribution in [3.8, 4) is 34.0 Å². The maximum absolute atomic E-state index is 12.3. The average molecular weight is 354 g/mol. The number of benzene rings is 2. The van der Waals surface area contributed by atoms with Crippen LogP contribution in [0.2, 0.25) is 0 Å². The van der Waals surface area contributed by atoms with E-state index in [1.807, 2.05) is 41.8 Å². The molecule has 0 aliphatic heterocycles. The Balaban J connectivity index is 1.99. The molecule has 2 heterocycles. The number of thiophene rings is 1. The Hall–Kier alpha value is -3.42. The van der Waals surface area contributed by atoms with Crippen LogP contribution in [-0.4, -0.2) is 4.57 Å². The Morgan fingerprint density at radius 2 is 1.69 bits per heavy atom. The van der Waals surface area contributed by atoms with Gasteiger partial charge < -0.3 is 0 Å². The van der Waals surface area contributed by atoms with Crippen LogP contribution in [0.5, 0.6) is 0 Å². The summed E-state index contributed by atoms with van der Waals surface area (Å²) in [5.74, 6) is 0. The van der Waals surface area contributed by atoms with Crippen LogP contribution in [0.15, 0.2) is 88.5 Å². The van der Waals surface area contributed by atoms with Crippen LogP contribution < -0.4 is 5.56 Å². The lowest BCUT2D eigenvalue weighted by Crippen LogP contribution is -2.15. The third-order valence-corrected chi connectivity index (χ3v) is 4.91. The van der Waals surface area contributed by atoms with E-state index in [0.29, 0.717) is 5.56 Å². The van der Waals surface area contributed by atoms with Crippen LogP contribution in [0, 0.1) is 11.3 Å². The number of rotatable bonds is 3. The molecule has 4 aromatic rings. The number of hydrogen-bond donors (Lipinski definition) is 0. The van der Waals surface area contributed by atoms with Crippen LogP contribution in [0.3, 0.4) is 0 Å². The van der Waals surface area contributed by atoms with Crippen LogP contribution in [-0.2, 0) is 0 Å². The van der Waals surface area contributed by atoms with Crippen molar-refractivity contribution in [1.29, 1.82) is 5.26 Å². The summed E-state index contributed by atoms with van der Waals surface area (Å²) in [5.41, 5.74) is 5.19. The lowest BCUT2D eigenvalue weighted by atomic mass is 9.96. The first-order valence-electron chi connectivity index (χ1n) is 8.11. The Bertz CT molecular complexity index is 1170. The molecule has 0 N–H and O–H groups in total. The van der Waals surface area contributed by atoms with Gasteiger partial charge in [-0.1, -0.05) is 24.3 Å². The molecule has 0 saturated carbocycles. The van der Waals surface area contributed by atoms with Gasteiger partial charge in [-0.15, -0.1) is 0 Å². The first-order valence-corrected chi connectivity index (χ1v) is 9.06. The van der Waals surface area contributed by atoms with Gasteiger partial charge >= 0.3 is 0 Å². The van der Waals surface area contributed by atoms with E-state index in [1.165, 1.54) is 0 Å². The average Bonchev–Trinajstić information content (AvgIpc) is 3.23. The zero-order valence-corrected chi connectivity index (χ0v) is 14.6. The first-order chi connectivity index (χ1) is 12.8. The fourth-order valence-electron chi connectivity index (χ4n) is 2.97. The molecule has 0 unspecified atom stereocenters. The molecular formula is C22H14N2OS. The van der Waals surface area contributed by atoms with Gasteiger partial charge in [-0.25, -0.2) is 0 Å². The van der Waals surface area contributed by atoms with Crippen molar-refractivity contribution in [1.82, 2.24) is 4.57 Å². The Morgan fingerprint density at radius 3 is 2.46 bits per heavy atom. The highest BCUT2D eigenvalue weighted by Gasteiger charge is 2.10. The fraction of sp³-hybridized carbons (Fsp3) is 0. The molecule has 0 saturated heterocycles. The summed E-state index contributed by atoms with van der Waals surface area (Å²) in [7, 11) is 0. The summed E-state index contributed by atoms with van der Waals surface area (Å²) in [6.45, 7) is 0. The molecule has 0 fully saturated rings. The number of nitrogens with zero attached hydrogens (tertiary/aromatic N) is 2. The molecule has 2 aromatic carbocycles. The van der Waals surface area contributed by atoms with E-state index in [9.17, 15) is 10.1 Å². The largest absolute Gasteiger partial charge is 0.284 e. The van der Waals surface area contributed by atoms with E-state index in [-0.39, 0.29) is 5.56 Å². The van der Waals surface area contributed by atoms with Gasteiger partial charge in [0.2, 0.25) is 0 Å². The maximum atomic E-state index is 12.3. The predicted octanol–water partition coefficient (Wildman–Crippen LogP) is 5.10. The quantitative estimate of drug-likeness (QED) is 0.513. The molecule has 0 spiro atoms. The lowest BCUT2D eigenvalue weighted by Gasteiger charge is -2.12. The van der Waals surface area contributed by atoms with Gasteiger partial charge in [0, 0.05) is 18.0 Å². The van der Waals surface area contributed by atoms with Crippen LogP contribution in [0.1, 0.15) is 5.56 Å². The molecule has 124 valence electrons. The van der Waals surface area contributed by atoms with Gasteiger partial charge in [0.1, 0.15) is 0 Å². The van der Waals surface area contributed by atoms with Crippen molar-refractivity contribution in [2.45, 2.75) is 0 Å². The highest BCUT2D eigenvalue weighted by atomic mass is 32.1. The Kier molecular flexibility index (Phi) is 4.22. The van der Waals surface area contributed by atoms with Crippen molar-refractivity contribution in [3.05, 3.63) is 99.6 Å². The fourth-order valence-corrected chi connectivity index (χ4v) is 3.64. The summed E-state index contributed by atoms with van der Waals surface area (Å²) in [6, 6.07) is 22.9. The highest BCUT2D eigenvalue weighted by Crippen LogP contribution is 2.32. The number of hydrogen-bond acceptors (Lipinski definition) is 3. The van der Waals surface area contributed by atoms with Crippen molar-refractivity contribution in [2.24, 2.45) is 0 Å². The molecule has 2 aromatic heterocycles. The van der Waals surface area contributed by atoms with Crippen LogP contribution >= 0.6 is 11.3 Å². The molecular weight excluding hydrogens is 340 g/mol. The van der Waals surface area contributed by atoms with Gasteiger partial charge in [-0.3, -0.25) is 9.36 Å². The van der Waals surface area contributed by atoms with Crippen LogP contribution in [0.4, 0.5) is 0 Å². The summed E-state index contributed by atoms with van der Waals surface area (Å²) < 4.78 is 1.62. The summed E-state index contributed by atoms with van der Waals surface area (Å²) in [6.07, 6.45) is 1.76. The van der Waals surface area contributed by atoms with Gasteiger partial charge in [0.15, 0.2) is 0 Å². The minimum absolute atomic E-state index is 0.0884. The monoisotopic (exact) mass is 354 g/mol. The van der Waals surface area contributed by atoms with Gasteiger partial charge in [-0.2, -0.15) is 16.6 Å². The second kappa shape index (κ2) is 6.83. The van der Waals surface area contributed by atoms with E-state index < -0.39 is 0 Å². The van der Waals surface area contributed by atoms with E-state index >= 15 is 0 Å². The zero-order chi connectivity index (χ0) is 17.9. The standard InChI is InChI=1S/C22H14N2OS/c23-14-16-5-1-2-6-21(16)19-11-18(17-8-10-26-15-17)12-20(13-19)24-9-4-3-7-22(24)25/h1-13,15H. The maximum Gasteiger partial charge on any atom is 0.255 e. The van der Waals surface area contributed by atoms with Gasteiger partial charge in [0.25, 0.3) is 5.56 Å². The number of nitriles is 1. The number of pyridine rings is 1. The molecule has 0 amide bonds. The molecule has 0 aliphatic rings. The smallest absolute Gasteiger partial charge is 0.255 e. The Labute approximate surface area is 155 Å². The summed E-state index contributed by atoms with van der Waals surface area (Å²) in [5, 5.41) is 13.6. The second-order valence-electron chi connectivity index (χ2n) is 5.85. The van der Waals surface area contributed by atoms with Crippen molar-refractivity contribution in [2.75, 3.05) is 0 Å². The summed E-state index contributed by atoms with van der Waals surface area (Å²) >= 11 is 1.63. The zero-order valence-electron chi connectivity index (χ0n) is 13.8. The van der Waals surface area contributed by atoms with E-state index in [4.69, 9.17) is 0 Å². The van der Waals surface area contributed by atoms with Crippen molar-refractivity contribution < 1.29 is 0 Å². The number of aromatic nitrogens is 1.